The molecule has 4 heteroatoms. The van der Waals surface area contributed by atoms with Crippen molar-refractivity contribution in [3.05, 3.63) is 11.6 Å². The molecule has 0 bridgehead atoms. The van der Waals surface area contributed by atoms with E-state index in [0.29, 0.717) is 25.7 Å². The van der Waals surface area contributed by atoms with E-state index in [0.717, 1.165) is 24.8 Å². The molecule has 4 rings (SSSR count). The predicted molar refractivity (Wildman–Crippen MR) is 97.2 cm³/mol. The van der Waals surface area contributed by atoms with Gasteiger partial charge in [0.25, 0.3) is 0 Å². The van der Waals surface area contributed by atoms with Crippen molar-refractivity contribution in [3.8, 4) is 0 Å². The second kappa shape index (κ2) is 5.27. The first kappa shape index (κ1) is 18.3. The molecule has 144 valence electrons. The SMILES string of the molecule is CC(=O)[C@@]1(C)CC[C@H]2[C@@H]3CCC4=CC(=O)CC[C@]4(C)[C@@]3(F)[C@@H](O)C[C@@]21C. The average Bonchev–Trinajstić information content (AvgIpc) is 2.83. The van der Waals surface area contributed by atoms with E-state index >= 15 is 4.39 Å². The molecule has 0 aromatic heterocycles. The lowest BCUT2D eigenvalue weighted by atomic mass is 9.43. The number of carbonyl (C=O) groups excluding carboxylic acids is 2. The highest BCUT2D eigenvalue weighted by Gasteiger charge is 2.73. The van der Waals surface area contributed by atoms with E-state index in [1.807, 2.05) is 13.8 Å². The normalized spacial score (nSPS) is 53.4. The number of ketones is 2. The van der Waals surface area contributed by atoms with Gasteiger partial charge in [0.2, 0.25) is 0 Å². The first-order chi connectivity index (χ1) is 12.0. The van der Waals surface area contributed by atoms with E-state index in [2.05, 4.69) is 6.92 Å². The summed E-state index contributed by atoms with van der Waals surface area (Å²) >= 11 is 0. The van der Waals surface area contributed by atoms with Crippen molar-refractivity contribution < 1.29 is 19.1 Å². The van der Waals surface area contributed by atoms with Crippen LogP contribution in [0.15, 0.2) is 11.6 Å². The van der Waals surface area contributed by atoms with Crippen LogP contribution in [0.25, 0.3) is 0 Å². The van der Waals surface area contributed by atoms with Gasteiger partial charge in [-0.2, -0.15) is 0 Å². The van der Waals surface area contributed by atoms with Crippen LogP contribution in [0.4, 0.5) is 4.39 Å². The summed E-state index contributed by atoms with van der Waals surface area (Å²) < 4.78 is 16.8. The number of hydrogen-bond donors (Lipinski definition) is 1. The van der Waals surface area contributed by atoms with E-state index in [1.54, 1.807) is 13.0 Å². The summed E-state index contributed by atoms with van der Waals surface area (Å²) in [6.45, 7) is 7.69. The Hall–Kier alpha value is -1.03. The minimum Gasteiger partial charge on any atom is -0.390 e. The number of Topliss-reactive ketones (excluding diaryl/α,β-unsaturated/α-hetero) is 1. The lowest BCUT2D eigenvalue weighted by Crippen LogP contribution is -2.68. The maximum atomic E-state index is 16.8. The standard InChI is InChI=1S/C22H31FO3/c1-13(24)19(2)10-8-16-17-6-5-14-11-15(25)7-9-20(14,3)22(17,23)18(26)12-21(16,19)4/h11,16-18,26H,5-10,12H2,1-4H3/t16-,17-,18-,19+,20-,21-,22-/m0/s1. The number of hydrogen-bond acceptors (Lipinski definition) is 3. The van der Waals surface area contributed by atoms with Gasteiger partial charge in [0, 0.05) is 23.2 Å². The van der Waals surface area contributed by atoms with Gasteiger partial charge < -0.3 is 5.11 Å². The summed E-state index contributed by atoms with van der Waals surface area (Å²) in [5.41, 5.74) is -2.42. The van der Waals surface area contributed by atoms with Gasteiger partial charge >= 0.3 is 0 Å². The van der Waals surface area contributed by atoms with Crippen LogP contribution in [0, 0.1) is 28.1 Å². The molecule has 1 N–H and O–H groups in total. The fraction of sp³-hybridized carbons (Fsp3) is 0.818. The Balaban J connectivity index is 1.82. The van der Waals surface area contributed by atoms with Gasteiger partial charge in [-0.3, -0.25) is 9.59 Å². The van der Waals surface area contributed by atoms with Gasteiger partial charge in [-0.15, -0.1) is 0 Å². The number of carbonyl (C=O) groups is 2. The predicted octanol–water partition coefficient (Wildman–Crippen LogP) is 4.18. The third-order valence-corrected chi connectivity index (χ3v) is 9.42. The highest BCUT2D eigenvalue weighted by atomic mass is 19.1. The van der Waals surface area contributed by atoms with Gasteiger partial charge in [-0.05, 0) is 62.9 Å². The minimum absolute atomic E-state index is 0.0830. The molecular weight excluding hydrogens is 331 g/mol. The van der Waals surface area contributed by atoms with E-state index in [-0.39, 0.29) is 28.8 Å². The number of alkyl halides is 1. The van der Waals surface area contributed by atoms with Gasteiger partial charge in [0.15, 0.2) is 5.78 Å². The molecule has 3 fully saturated rings. The number of rotatable bonds is 1. The van der Waals surface area contributed by atoms with Crippen molar-refractivity contribution in [3.63, 3.8) is 0 Å². The van der Waals surface area contributed by atoms with E-state index in [9.17, 15) is 14.7 Å². The zero-order valence-corrected chi connectivity index (χ0v) is 16.4. The smallest absolute Gasteiger partial charge is 0.155 e. The van der Waals surface area contributed by atoms with Crippen LogP contribution >= 0.6 is 0 Å². The molecular formula is C22H31FO3. The summed E-state index contributed by atoms with van der Waals surface area (Å²) in [6.07, 6.45) is 4.75. The Morgan fingerprint density at radius 2 is 1.85 bits per heavy atom. The first-order valence-electron chi connectivity index (χ1n) is 10.1. The van der Waals surface area contributed by atoms with Crippen molar-refractivity contribution in [2.45, 2.75) is 84.4 Å². The molecule has 3 nitrogen and oxygen atoms in total. The quantitative estimate of drug-likeness (QED) is 0.761. The Labute approximate surface area is 155 Å². The van der Waals surface area contributed by atoms with E-state index < -0.39 is 22.6 Å². The number of halogens is 1. The van der Waals surface area contributed by atoms with Crippen molar-refractivity contribution in [2.24, 2.45) is 28.1 Å². The van der Waals surface area contributed by atoms with Crippen molar-refractivity contribution in [1.82, 2.24) is 0 Å². The maximum absolute atomic E-state index is 16.8. The molecule has 3 saturated carbocycles. The third-order valence-electron chi connectivity index (χ3n) is 9.42. The average molecular weight is 362 g/mol. The highest BCUT2D eigenvalue weighted by Crippen LogP contribution is 2.72. The van der Waals surface area contributed by atoms with Gasteiger partial charge in [-0.25, -0.2) is 4.39 Å². The number of fused-ring (bicyclic) bond motifs is 5. The molecule has 0 aliphatic heterocycles. The largest absolute Gasteiger partial charge is 0.390 e. The number of allylic oxidation sites excluding steroid dienone is 1. The molecule has 0 radical (unpaired) electrons. The van der Waals surface area contributed by atoms with Gasteiger partial charge in [0.05, 0.1) is 6.10 Å². The topological polar surface area (TPSA) is 54.4 Å². The van der Waals surface area contributed by atoms with Crippen LogP contribution in [0.1, 0.15) is 72.6 Å². The molecule has 4 aliphatic carbocycles. The zero-order chi connectivity index (χ0) is 19.1. The summed E-state index contributed by atoms with van der Waals surface area (Å²) in [7, 11) is 0. The summed E-state index contributed by atoms with van der Waals surface area (Å²) in [4.78, 5) is 24.4. The molecule has 0 heterocycles. The Morgan fingerprint density at radius 3 is 2.50 bits per heavy atom. The van der Waals surface area contributed by atoms with Crippen LogP contribution in [0.5, 0.6) is 0 Å². The molecule has 0 unspecified atom stereocenters. The van der Waals surface area contributed by atoms with E-state index in [4.69, 9.17) is 0 Å². The summed E-state index contributed by atoms with van der Waals surface area (Å²) in [6, 6.07) is 0. The molecule has 7 atom stereocenters. The van der Waals surface area contributed by atoms with Crippen molar-refractivity contribution in [2.75, 3.05) is 0 Å². The molecule has 0 spiro atoms. The number of aliphatic hydroxyl groups excluding tert-OH is 1. The van der Waals surface area contributed by atoms with Crippen LogP contribution in [0.2, 0.25) is 0 Å². The van der Waals surface area contributed by atoms with Gasteiger partial charge in [0.1, 0.15) is 11.5 Å². The molecule has 0 aromatic rings. The third kappa shape index (κ3) is 1.87. The molecule has 0 amide bonds. The molecule has 0 saturated heterocycles. The van der Waals surface area contributed by atoms with Crippen molar-refractivity contribution >= 4 is 11.6 Å². The molecule has 4 aliphatic rings. The second-order valence-electron chi connectivity index (χ2n) is 10.1. The Kier molecular flexibility index (Phi) is 3.72. The highest BCUT2D eigenvalue weighted by molar-refractivity contribution is 5.91. The first-order valence-corrected chi connectivity index (χ1v) is 10.1. The molecule has 0 aromatic carbocycles. The minimum atomic E-state index is -1.70. The van der Waals surface area contributed by atoms with Gasteiger partial charge in [-0.1, -0.05) is 26.3 Å². The van der Waals surface area contributed by atoms with Crippen molar-refractivity contribution in [1.29, 1.82) is 0 Å². The maximum Gasteiger partial charge on any atom is 0.155 e. The zero-order valence-electron chi connectivity index (χ0n) is 16.4. The Bertz CT molecular complexity index is 714. The lowest BCUT2D eigenvalue weighted by molar-refractivity contribution is -0.215. The lowest BCUT2D eigenvalue weighted by Gasteiger charge is -2.63. The van der Waals surface area contributed by atoms with Crippen LogP contribution in [-0.4, -0.2) is 28.4 Å². The van der Waals surface area contributed by atoms with E-state index in [1.165, 1.54) is 0 Å². The monoisotopic (exact) mass is 362 g/mol. The molecule has 26 heavy (non-hydrogen) atoms. The second-order valence-corrected chi connectivity index (χ2v) is 10.1. The fourth-order valence-corrected chi connectivity index (χ4v) is 7.39. The summed E-state index contributed by atoms with van der Waals surface area (Å²) in [5.74, 6) is 0.111. The number of aliphatic hydroxyl groups is 1. The Morgan fingerprint density at radius 1 is 1.15 bits per heavy atom. The summed E-state index contributed by atoms with van der Waals surface area (Å²) in [5, 5.41) is 11.2. The van der Waals surface area contributed by atoms with Crippen LogP contribution in [0.3, 0.4) is 0 Å². The van der Waals surface area contributed by atoms with Crippen LogP contribution in [-0.2, 0) is 9.59 Å². The fourth-order valence-electron chi connectivity index (χ4n) is 7.39. The van der Waals surface area contributed by atoms with Crippen LogP contribution < -0.4 is 0 Å².